The molecule has 1 aliphatic heterocycles. The summed E-state index contributed by atoms with van der Waals surface area (Å²) in [5.41, 5.74) is 0.953. The molecule has 5 heteroatoms. The fourth-order valence-electron chi connectivity index (χ4n) is 2.85. The third kappa shape index (κ3) is 3.03. The van der Waals surface area contributed by atoms with Crippen molar-refractivity contribution in [1.82, 2.24) is 0 Å². The summed E-state index contributed by atoms with van der Waals surface area (Å²) in [6.45, 7) is 8.37. The molecule has 0 aliphatic carbocycles. The Labute approximate surface area is 119 Å². The molecular formula is C15H22N2O3. The number of ether oxygens (including phenoxy) is 1. The summed E-state index contributed by atoms with van der Waals surface area (Å²) in [6.07, 6.45) is 2.21. The zero-order valence-corrected chi connectivity index (χ0v) is 12.4. The molecule has 1 saturated heterocycles. The first-order chi connectivity index (χ1) is 9.44. The number of nitro groups is 1. The maximum absolute atomic E-state index is 11.4. The van der Waals surface area contributed by atoms with Gasteiger partial charge in [-0.2, -0.15) is 0 Å². The van der Waals surface area contributed by atoms with Crippen LogP contribution in [0.15, 0.2) is 18.2 Å². The van der Waals surface area contributed by atoms with E-state index in [1.54, 1.807) is 6.07 Å². The minimum atomic E-state index is -0.331. The third-order valence-electron chi connectivity index (χ3n) is 3.70. The fourth-order valence-corrected chi connectivity index (χ4v) is 2.85. The van der Waals surface area contributed by atoms with Crippen molar-refractivity contribution < 1.29 is 9.66 Å². The summed E-state index contributed by atoms with van der Waals surface area (Å²) < 4.78 is 5.41. The molecule has 0 unspecified atom stereocenters. The second kappa shape index (κ2) is 5.69. The zero-order valence-electron chi connectivity index (χ0n) is 12.4. The van der Waals surface area contributed by atoms with Gasteiger partial charge in [-0.25, -0.2) is 0 Å². The summed E-state index contributed by atoms with van der Waals surface area (Å²) in [4.78, 5) is 13.2. The van der Waals surface area contributed by atoms with Gasteiger partial charge in [0.05, 0.1) is 11.5 Å². The normalized spacial score (nSPS) is 17.9. The number of para-hydroxylation sites is 1. The molecule has 1 aromatic rings. The van der Waals surface area contributed by atoms with Gasteiger partial charge >= 0.3 is 5.69 Å². The van der Waals surface area contributed by atoms with E-state index in [1.165, 1.54) is 0 Å². The number of nitro benzene ring substituents is 1. The fraction of sp³-hybridized carbons (Fsp3) is 0.600. The number of nitrogens with zero attached hydrogens (tertiary/aromatic N) is 2. The van der Waals surface area contributed by atoms with E-state index in [4.69, 9.17) is 4.74 Å². The van der Waals surface area contributed by atoms with Crippen LogP contribution in [0.1, 0.15) is 33.6 Å². The van der Waals surface area contributed by atoms with Crippen LogP contribution < -0.4 is 9.64 Å². The van der Waals surface area contributed by atoms with E-state index in [9.17, 15) is 10.1 Å². The zero-order chi connectivity index (χ0) is 14.8. The van der Waals surface area contributed by atoms with Crippen LogP contribution in [0.2, 0.25) is 0 Å². The highest BCUT2D eigenvalue weighted by Crippen LogP contribution is 2.40. The highest BCUT2D eigenvalue weighted by atomic mass is 16.6. The van der Waals surface area contributed by atoms with Gasteiger partial charge in [-0.15, -0.1) is 0 Å². The number of hydrogen-bond acceptors (Lipinski definition) is 4. The van der Waals surface area contributed by atoms with Crippen LogP contribution in [0.4, 0.5) is 11.4 Å². The molecule has 20 heavy (non-hydrogen) atoms. The Bertz CT molecular complexity index is 500. The smallest absolute Gasteiger partial charge is 0.333 e. The van der Waals surface area contributed by atoms with Crippen LogP contribution in [-0.2, 0) is 0 Å². The molecule has 1 heterocycles. The molecule has 5 nitrogen and oxygen atoms in total. The van der Waals surface area contributed by atoms with Crippen LogP contribution >= 0.6 is 0 Å². The summed E-state index contributed by atoms with van der Waals surface area (Å²) in [5, 5.41) is 11.4. The molecular weight excluding hydrogens is 256 g/mol. The lowest BCUT2D eigenvalue weighted by atomic mass is 9.84. The molecule has 0 atom stereocenters. The Balaban J connectivity index is 2.40. The summed E-state index contributed by atoms with van der Waals surface area (Å²) in [6, 6.07) is 5.32. The van der Waals surface area contributed by atoms with Gasteiger partial charge in [0.2, 0.25) is 0 Å². The van der Waals surface area contributed by atoms with E-state index in [2.05, 4.69) is 18.7 Å². The van der Waals surface area contributed by atoms with Crippen LogP contribution in [0, 0.1) is 15.5 Å². The van der Waals surface area contributed by atoms with Crippen molar-refractivity contribution in [1.29, 1.82) is 0 Å². The molecule has 0 bridgehead atoms. The van der Waals surface area contributed by atoms with Crippen molar-refractivity contribution in [2.75, 3.05) is 24.6 Å². The van der Waals surface area contributed by atoms with E-state index in [-0.39, 0.29) is 16.0 Å². The Morgan fingerprint density at radius 1 is 1.45 bits per heavy atom. The maximum Gasteiger partial charge on any atom is 0.333 e. The van der Waals surface area contributed by atoms with Gasteiger partial charge < -0.3 is 9.64 Å². The Kier molecular flexibility index (Phi) is 4.16. The average Bonchev–Trinajstić information content (AvgIpc) is 2.37. The van der Waals surface area contributed by atoms with E-state index in [0.29, 0.717) is 18.0 Å². The Morgan fingerprint density at radius 2 is 2.20 bits per heavy atom. The van der Waals surface area contributed by atoms with E-state index in [0.717, 1.165) is 25.9 Å². The van der Waals surface area contributed by atoms with Crippen LogP contribution in [0.25, 0.3) is 0 Å². The minimum absolute atomic E-state index is 0.0899. The molecule has 2 rings (SSSR count). The van der Waals surface area contributed by atoms with Gasteiger partial charge in [0.15, 0.2) is 5.75 Å². The van der Waals surface area contributed by atoms with E-state index < -0.39 is 0 Å². The molecule has 110 valence electrons. The van der Waals surface area contributed by atoms with Gasteiger partial charge in [-0.3, -0.25) is 10.1 Å². The first-order valence-corrected chi connectivity index (χ1v) is 7.10. The summed E-state index contributed by atoms with van der Waals surface area (Å²) in [7, 11) is 0. The van der Waals surface area contributed by atoms with Crippen molar-refractivity contribution in [2.45, 2.75) is 33.6 Å². The second-order valence-electron chi connectivity index (χ2n) is 6.00. The minimum Gasteiger partial charge on any atom is -0.487 e. The van der Waals surface area contributed by atoms with Crippen molar-refractivity contribution in [3.05, 3.63) is 28.3 Å². The number of piperidine rings is 1. The Morgan fingerprint density at radius 3 is 2.80 bits per heavy atom. The lowest BCUT2D eigenvalue weighted by Crippen LogP contribution is -2.40. The standard InChI is InChI=1S/C15H22N2O3/c1-4-20-13-8-5-7-12(14(13)17(18)19)16-10-6-9-15(2,3)11-16/h5,7-8H,4,6,9-11H2,1-3H3. The van der Waals surface area contributed by atoms with Crippen LogP contribution in [0.5, 0.6) is 5.75 Å². The SMILES string of the molecule is CCOc1cccc(N2CCCC(C)(C)C2)c1[N+](=O)[O-]. The predicted molar refractivity (Wildman–Crippen MR) is 79.5 cm³/mol. The molecule has 0 amide bonds. The maximum atomic E-state index is 11.4. The Hall–Kier alpha value is -1.78. The number of rotatable bonds is 4. The lowest BCUT2D eigenvalue weighted by molar-refractivity contribution is -0.385. The number of hydrogen-bond donors (Lipinski definition) is 0. The second-order valence-corrected chi connectivity index (χ2v) is 6.00. The monoisotopic (exact) mass is 278 g/mol. The van der Waals surface area contributed by atoms with Gasteiger partial charge in [0, 0.05) is 13.1 Å². The van der Waals surface area contributed by atoms with E-state index in [1.807, 2.05) is 19.1 Å². The first kappa shape index (κ1) is 14.6. The van der Waals surface area contributed by atoms with Crippen LogP contribution in [-0.4, -0.2) is 24.6 Å². The molecule has 0 aromatic heterocycles. The molecule has 0 N–H and O–H groups in total. The van der Waals surface area contributed by atoms with E-state index >= 15 is 0 Å². The van der Waals surface area contributed by atoms with Crippen LogP contribution in [0.3, 0.4) is 0 Å². The summed E-state index contributed by atoms with van der Waals surface area (Å²) in [5.74, 6) is 0.360. The van der Waals surface area contributed by atoms with Gasteiger partial charge in [-0.05, 0) is 37.3 Å². The predicted octanol–water partition coefficient (Wildman–Crippen LogP) is 3.62. The molecule has 1 aromatic carbocycles. The average molecular weight is 278 g/mol. The topological polar surface area (TPSA) is 55.6 Å². The lowest BCUT2D eigenvalue weighted by Gasteiger charge is -2.39. The number of anilines is 1. The highest BCUT2D eigenvalue weighted by Gasteiger charge is 2.31. The third-order valence-corrected chi connectivity index (χ3v) is 3.70. The van der Waals surface area contributed by atoms with Crippen molar-refractivity contribution in [2.24, 2.45) is 5.41 Å². The molecule has 0 saturated carbocycles. The molecule has 1 aliphatic rings. The van der Waals surface area contributed by atoms with Gasteiger partial charge in [0.25, 0.3) is 0 Å². The summed E-state index contributed by atoms with van der Waals surface area (Å²) >= 11 is 0. The van der Waals surface area contributed by atoms with Crippen molar-refractivity contribution >= 4 is 11.4 Å². The first-order valence-electron chi connectivity index (χ1n) is 7.10. The molecule has 1 fully saturated rings. The quantitative estimate of drug-likeness (QED) is 0.623. The van der Waals surface area contributed by atoms with Gasteiger partial charge in [0.1, 0.15) is 5.69 Å². The highest BCUT2D eigenvalue weighted by molar-refractivity contribution is 5.70. The molecule has 0 radical (unpaired) electrons. The van der Waals surface area contributed by atoms with Crippen molar-refractivity contribution in [3.63, 3.8) is 0 Å². The van der Waals surface area contributed by atoms with Crippen molar-refractivity contribution in [3.8, 4) is 5.75 Å². The molecule has 0 spiro atoms. The number of benzene rings is 1. The van der Waals surface area contributed by atoms with Gasteiger partial charge in [-0.1, -0.05) is 19.9 Å². The largest absolute Gasteiger partial charge is 0.487 e.